The quantitative estimate of drug-likeness (QED) is 0.747. The molecule has 3 nitrogen and oxygen atoms in total. The van der Waals surface area contributed by atoms with E-state index < -0.39 is 0 Å². The Morgan fingerprint density at radius 3 is 2.47 bits per heavy atom. The Morgan fingerprint density at radius 2 is 2.12 bits per heavy atom. The van der Waals surface area contributed by atoms with Crippen molar-refractivity contribution < 1.29 is 4.74 Å². The number of nitrogens with zero attached hydrogens (tertiary/aromatic N) is 1. The fourth-order valence-electron chi connectivity index (χ4n) is 2.43. The van der Waals surface area contributed by atoms with Gasteiger partial charge in [-0.05, 0) is 38.4 Å². The molecule has 17 heavy (non-hydrogen) atoms. The first-order valence-electron chi connectivity index (χ1n) is 7.23. The SMILES string of the molecule is CCCNCC(C)C.CCN1CC2CC1CO2. The van der Waals surface area contributed by atoms with Crippen LogP contribution < -0.4 is 5.32 Å². The first-order valence-corrected chi connectivity index (χ1v) is 7.23. The number of fused-ring (bicyclic) bond motifs is 2. The van der Waals surface area contributed by atoms with Gasteiger partial charge in [0.05, 0.1) is 12.7 Å². The minimum absolute atomic E-state index is 0.579. The second-order valence-corrected chi connectivity index (χ2v) is 5.53. The standard InChI is InChI=1S/C7H13NO.C7H17N/c1-2-8-4-7-3-6(8)5-9-7;1-4-5-8-6-7(2)3/h6-7H,2-5H2,1H3;7-8H,4-6H2,1-3H3. The Kier molecular flexibility index (Phi) is 7.09. The summed E-state index contributed by atoms with van der Waals surface area (Å²) in [7, 11) is 0. The van der Waals surface area contributed by atoms with E-state index >= 15 is 0 Å². The van der Waals surface area contributed by atoms with Crippen LogP contribution >= 0.6 is 0 Å². The van der Waals surface area contributed by atoms with E-state index in [2.05, 4.69) is 37.9 Å². The summed E-state index contributed by atoms with van der Waals surface area (Å²) < 4.78 is 5.44. The van der Waals surface area contributed by atoms with Gasteiger partial charge in [-0.3, -0.25) is 4.90 Å². The first kappa shape index (κ1) is 14.9. The molecule has 2 unspecified atom stereocenters. The molecule has 0 aliphatic carbocycles. The number of likely N-dealkylation sites (tertiary alicyclic amines) is 1. The second-order valence-electron chi connectivity index (χ2n) is 5.53. The van der Waals surface area contributed by atoms with Crippen molar-refractivity contribution in [3.63, 3.8) is 0 Å². The third-order valence-corrected chi connectivity index (χ3v) is 3.40. The molecule has 2 aliphatic heterocycles. The van der Waals surface area contributed by atoms with Crippen LogP contribution in [0, 0.1) is 5.92 Å². The Balaban J connectivity index is 0.000000172. The number of hydrogen-bond donors (Lipinski definition) is 1. The number of ether oxygens (including phenoxy) is 1. The predicted molar refractivity (Wildman–Crippen MR) is 73.4 cm³/mol. The summed E-state index contributed by atoms with van der Waals surface area (Å²) in [5, 5.41) is 3.33. The number of rotatable bonds is 5. The number of nitrogens with one attached hydrogen (secondary N) is 1. The van der Waals surface area contributed by atoms with E-state index in [4.69, 9.17) is 4.74 Å². The third kappa shape index (κ3) is 5.36. The Bertz CT molecular complexity index is 197. The average Bonchev–Trinajstić information content (AvgIpc) is 2.91. The normalized spacial score (nSPS) is 27.4. The van der Waals surface area contributed by atoms with Crippen molar-refractivity contribution in [1.29, 1.82) is 0 Å². The van der Waals surface area contributed by atoms with Gasteiger partial charge in [-0.15, -0.1) is 0 Å². The smallest absolute Gasteiger partial charge is 0.0718 e. The van der Waals surface area contributed by atoms with Crippen LogP contribution in [0.15, 0.2) is 0 Å². The fourth-order valence-corrected chi connectivity index (χ4v) is 2.43. The van der Waals surface area contributed by atoms with Crippen molar-refractivity contribution in [3.05, 3.63) is 0 Å². The van der Waals surface area contributed by atoms with E-state index in [1.165, 1.54) is 25.9 Å². The van der Waals surface area contributed by atoms with Gasteiger partial charge in [0.25, 0.3) is 0 Å². The summed E-state index contributed by atoms with van der Waals surface area (Å²) in [6, 6.07) is 0.764. The molecule has 102 valence electrons. The van der Waals surface area contributed by atoms with E-state index in [-0.39, 0.29) is 0 Å². The minimum Gasteiger partial charge on any atom is -0.375 e. The Morgan fingerprint density at radius 1 is 1.35 bits per heavy atom. The van der Waals surface area contributed by atoms with Gasteiger partial charge < -0.3 is 10.1 Å². The molecule has 0 aromatic rings. The average molecular weight is 242 g/mol. The molecule has 0 saturated carbocycles. The van der Waals surface area contributed by atoms with Crippen molar-refractivity contribution in [3.8, 4) is 0 Å². The van der Waals surface area contributed by atoms with Gasteiger partial charge in [-0.25, -0.2) is 0 Å². The van der Waals surface area contributed by atoms with E-state index in [9.17, 15) is 0 Å². The van der Waals surface area contributed by atoms with E-state index in [0.717, 1.165) is 31.7 Å². The second kappa shape index (κ2) is 8.06. The highest BCUT2D eigenvalue weighted by atomic mass is 16.5. The van der Waals surface area contributed by atoms with E-state index in [0.29, 0.717) is 6.10 Å². The lowest BCUT2D eigenvalue weighted by molar-refractivity contribution is 0.0329. The van der Waals surface area contributed by atoms with Crippen LogP contribution in [0.5, 0.6) is 0 Å². The monoisotopic (exact) mass is 242 g/mol. The summed E-state index contributed by atoms with van der Waals surface area (Å²) in [4.78, 5) is 2.51. The summed E-state index contributed by atoms with van der Waals surface area (Å²) in [6.45, 7) is 14.6. The maximum atomic E-state index is 5.44. The van der Waals surface area contributed by atoms with Crippen LogP contribution in [-0.2, 0) is 4.74 Å². The summed E-state index contributed by atoms with van der Waals surface area (Å²) >= 11 is 0. The lowest BCUT2D eigenvalue weighted by Crippen LogP contribution is -2.36. The zero-order chi connectivity index (χ0) is 12.7. The number of likely N-dealkylation sites (N-methyl/N-ethyl adjacent to an activating group) is 1. The molecule has 0 aromatic heterocycles. The molecule has 2 heterocycles. The lowest BCUT2D eigenvalue weighted by Gasteiger charge is -2.24. The van der Waals surface area contributed by atoms with Gasteiger partial charge in [-0.2, -0.15) is 0 Å². The van der Waals surface area contributed by atoms with Gasteiger partial charge in [0, 0.05) is 12.6 Å². The van der Waals surface area contributed by atoms with Crippen molar-refractivity contribution in [2.75, 3.05) is 32.8 Å². The van der Waals surface area contributed by atoms with Crippen LogP contribution in [0.3, 0.4) is 0 Å². The van der Waals surface area contributed by atoms with Crippen LogP contribution in [0.25, 0.3) is 0 Å². The zero-order valence-corrected chi connectivity index (χ0v) is 12.0. The maximum Gasteiger partial charge on any atom is 0.0718 e. The highest BCUT2D eigenvalue weighted by Crippen LogP contribution is 2.26. The molecular weight excluding hydrogens is 212 g/mol. The topological polar surface area (TPSA) is 24.5 Å². The summed E-state index contributed by atoms with van der Waals surface area (Å²) in [6.07, 6.45) is 3.11. The largest absolute Gasteiger partial charge is 0.375 e. The molecular formula is C14H30N2O. The summed E-state index contributed by atoms with van der Waals surface area (Å²) in [5.74, 6) is 0.793. The molecule has 2 bridgehead atoms. The Labute approximate surface area is 107 Å². The van der Waals surface area contributed by atoms with Crippen LogP contribution in [0.4, 0.5) is 0 Å². The van der Waals surface area contributed by atoms with Crippen LogP contribution in [-0.4, -0.2) is 49.8 Å². The van der Waals surface area contributed by atoms with Gasteiger partial charge in [0.1, 0.15) is 0 Å². The molecule has 2 saturated heterocycles. The molecule has 0 amide bonds. The first-order chi connectivity index (χ1) is 8.17. The summed E-state index contributed by atoms with van der Waals surface area (Å²) in [5.41, 5.74) is 0. The van der Waals surface area contributed by atoms with Gasteiger partial charge in [0.15, 0.2) is 0 Å². The highest BCUT2D eigenvalue weighted by molar-refractivity contribution is 4.90. The van der Waals surface area contributed by atoms with E-state index in [1.54, 1.807) is 0 Å². The molecule has 0 spiro atoms. The molecule has 2 atom stereocenters. The van der Waals surface area contributed by atoms with Crippen LogP contribution in [0.1, 0.15) is 40.5 Å². The zero-order valence-electron chi connectivity index (χ0n) is 12.0. The van der Waals surface area contributed by atoms with Gasteiger partial charge in [0.2, 0.25) is 0 Å². The number of morpholine rings is 1. The molecule has 2 fully saturated rings. The van der Waals surface area contributed by atoms with Crippen molar-refractivity contribution in [2.45, 2.75) is 52.7 Å². The van der Waals surface area contributed by atoms with E-state index in [1.807, 2.05) is 0 Å². The molecule has 0 radical (unpaired) electrons. The fraction of sp³-hybridized carbons (Fsp3) is 1.00. The van der Waals surface area contributed by atoms with Crippen LogP contribution in [0.2, 0.25) is 0 Å². The minimum atomic E-state index is 0.579. The van der Waals surface area contributed by atoms with Gasteiger partial charge in [-0.1, -0.05) is 27.7 Å². The maximum absolute atomic E-state index is 5.44. The Hall–Kier alpha value is -0.120. The molecule has 3 heteroatoms. The van der Waals surface area contributed by atoms with Crippen molar-refractivity contribution >= 4 is 0 Å². The van der Waals surface area contributed by atoms with Gasteiger partial charge >= 0.3 is 0 Å². The van der Waals surface area contributed by atoms with Crippen molar-refractivity contribution in [1.82, 2.24) is 10.2 Å². The predicted octanol–water partition coefficient (Wildman–Crippen LogP) is 2.12. The molecule has 0 aromatic carbocycles. The molecule has 2 rings (SSSR count). The third-order valence-electron chi connectivity index (χ3n) is 3.40. The molecule has 2 aliphatic rings. The lowest BCUT2D eigenvalue weighted by atomic mass is 10.2. The van der Waals surface area contributed by atoms with Crippen molar-refractivity contribution in [2.24, 2.45) is 5.92 Å². The molecule has 1 N–H and O–H groups in total. The number of hydrogen-bond acceptors (Lipinski definition) is 3. The highest BCUT2D eigenvalue weighted by Gasteiger charge is 2.37.